The fraction of sp³-hybridized carbons (Fsp3) is 0.176. The maximum absolute atomic E-state index is 11.8. The number of ether oxygens (including phenoxy) is 1. The smallest absolute Gasteiger partial charge is 0.259 e. The monoisotopic (exact) mass is 325 g/mol. The number of thiophene rings is 1. The number of hydrogen-bond donors (Lipinski definition) is 1. The van der Waals surface area contributed by atoms with Gasteiger partial charge >= 0.3 is 0 Å². The molecule has 0 spiro atoms. The summed E-state index contributed by atoms with van der Waals surface area (Å²) in [5, 5.41) is 7.70. The van der Waals surface area contributed by atoms with E-state index >= 15 is 0 Å². The van der Waals surface area contributed by atoms with E-state index < -0.39 is 5.91 Å². The fourth-order valence-electron chi connectivity index (χ4n) is 2.89. The van der Waals surface area contributed by atoms with Gasteiger partial charge in [-0.2, -0.15) is 5.10 Å². The van der Waals surface area contributed by atoms with Crippen LogP contribution in [0.15, 0.2) is 42.3 Å². The molecule has 0 radical (unpaired) electrons. The van der Waals surface area contributed by atoms with Crippen LogP contribution >= 0.6 is 11.3 Å². The molecule has 23 heavy (non-hydrogen) atoms. The lowest BCUT2D eigenvalue weighted by Gasteiger charge is -2.08. The van der Waals surface area contributed by atoms with Crippen LogP contribution in [0.2, 0.25) is 0 Å². The molecule has 0 saturated heterocycles. The van der Waals surface area contributed by atoms with Crippen molar-refractivity contribution in [2.45, 2.75) is 12.8 Å². The summed E-state index contributed by atoms with van der Waals surface area (Å²) in [6, 6.07) is 3.86. The highest BCUT2D eigenvalue weighted by atomic mass is 32.1. The van der Waals surface area contributed by atoms with Crippen molar-refractivity contribution >= 4 is 38.9 Å². The van der Waals surface area contributed by atoms with E-state index in [1.54, 1.807) is 10.9 Å². The number of nitrogens with two attached hydrogens (primary N) is 1. The van der Waals surface area contributed by atoms with E-state index in [1.165, 1.54) is 11.3 Å². The van der Waals surface area contributed by atoms with Crippen molar-refractivity contribution in [3.63, 3.8) is 0 Å². The predicted octanol–water partition coefficient (Wildman–Crippen LogP) is 3.50. The highest BCUT2D eigenvalue weighted by molar-refractivity contribution is 7.18. The van der Waals surface area contributed by atoms with Gasteiger partial charge in [-0.15, -0.1) is 0 Å². The van der Waals surface area contributed by atoms with Gasteiger partial charge in [0.15, 0.2) is 5.06 Å². The molecule has 0 fully saturated rings. The number of hydrogen-bond acceptors (Lipinski definition) is 4. The normalized spacial score (nSPS) is 14.4. The van der Waals surface area contributed by atoms with E-state index in [9.17, 15) is 4.79 Å². The zero-order valence-corrected chi connectivity index (χ0v) is 13.4. The molecule has 3 aromatic rings. The molecule has 2 heterocycles. The second kappa shape index (κ2) is 5.24. The Morgan fingerprint density at radius 1 is 1.39 bits per heavy atom. The van der Waals surface area contributed by atoms with Crippen molar-refractivity contribution in [1.29, 1.82) is 0 Å². The lowest BCUT2D eigenvalue weighted by Crippen LogP contribution is -2.08. The van der Waals surface area contributed by atoms with Crippen molar-refractivity contribution in [3.05, 3.63) is 47.2 Å². The van der Waals surface area contributed by atoms with Gasteiger partial charge in [0.05, 0.1) is 17.1 Å². The quantitative estimate of drug-likeness (QED) is 0.801. The Bertz CT molecular complexity index is 994. The Morgan fingerprint density at radius 2 is 2.26 bits per heavy atom. The summed E-state index contributed by atoms with van der Waals surface area (Å²) in [6.07, 6.45) is 9.89. The Morgan fingerprint density at radius 3 is 3.00 bits per heavy atom. The van der Waals surface area contributed by atoms with E-state index in [0.717, 1.165) is 40.3 Å². The maximum atomic E-state index is 11.8. The van der Waals surface area contributed by atoms with Gasteiger partial charge in [0.25, 0.3) is 5.91 Å². The minimum atomic E-state index is -0.440. The average Bonchev–Trinajstić information content (AvgIpc) is 3.10. The van der Waals surface area contributed by atoms with Gasteiger partial charge in [-0.05, 0) is 25.0 Å². The first-order chi connectivity index (χ1) is 11.1. The van der Waals surface area contributed by atoms with E-state index in [1.807, 2.05) is 25.3 Å². The van der Waals surface area contributed by atoms with Crippen LogP contribution in [0.1, 0.15) is 22.5 Å². The third-order valence-electron chi connectivity index (χ3n) is 3.94. The largest absolute Gasteiger partial charge is 0.446 e. The molecule has 0 bridgehead atoms. The summed E-state index contributed by atoms with van der Waals surface area (Å²) in [6.45, 7) is 0. The average molecular weight is 325 g/mol. The SMILES string of the molecule is Cn1ncc2ccc3c(C(N)=O)sc(OC4=CCCC=C4)c3c21. The Balaban J connectivity index is 1.99. The molecule has 1 aliphatic carbocycles. The molecule has 2 N–H and O–H groups in total. The number of primary amides is 1. The lowest BCUT2D eigenvalue weighted by atomic mass is 10.1. The van der Waals surface area contributed by atoms with Gasteiger partial charge in [0, 0.05) is 17.8 Å². The summed E-state index contributed by atoms with van der Waals surface area (Å²) in [7, 11) is 1.88. The topological polar surface area (TPSA) is 70.1 Å². The molecule has 1 aliphatic rings. The highest BCUT2D eigenvalue weighted by Gasteiger charge is 2.21. The van der Waals surface area contributed by atoms with Crippen molar-refractivity contribution < 1.29 is 9.53 Å². The van der Waals surface area contributed by atoms with E-state index in [4.69, 9.17) is 10.5 Å². The first kappa shape index (κ1) is 14.0. The molecule has 5 nitrogen and oxygen atoms in total. The Labute approximate surface area is 136 Å². The number of rotatable bonds is 3. The second-order valence-corrected chi connectivity index (χ2v) is 6.45. The number of carbonyl (C=O) groups is 1. The van der Waals surface area contributed by atoms with Crippen LogP contribution in [0.25, 0.3) is 21.7 Å². The summed E-state index contributed by atoms with van der Waals surface area (Å²) in [5.74, 6) is 0.360. The highest BCUT2D eigenvalue weighted by Crippen LogP contribution is 2.42. The van der Waals surface area contributed by atoms with Crippen LogP contribution in [-0.2, 0) is 7.05 Å². The molecule has 1 aromatic carbocycles. The fourth-order valence-corrected chi connectivity index (χ4v) is 3.90. The summed E-state index contributed by atoms with van der Waals surface area (Å²) in [4.78, 5) is 12.3. The molecule has 1 amide bonds. The molecule has 0 saturated carbocycles. The lowest BCUT2D eigenvalue weighted by molar-refractivity contribution is 0.101. The number of allylic oxidation sites excluding steroid dienone is 3. The number of fused-ring (bicyclic) bond motifs is 3. The third kappa shape index (κ3) is 2.22. The van der Waals surface area contributed by atoms with Crippen molar-refractivity contribution in [2.75, 3.05) is 0 Å². The number of carbonyl (C=O) groups excluding carboxylic acids is 1. The van der Waals surface area contributed by atoms with Gasteiger partial charge in [0.1, 0.15) is 10.6 Å². The first-order valence-corrected chi connectivity index (χ1v) is 8.18. The predicted molar refractivity (Wildman–Crippen MR) is 91.7 cm³/mol. The molecular formula is C17H15N3O2S. The number of amides is 1. The summed E-state index contributed by atoms with van der Waals surface area (Å²) < 4.78 is 7.87. The third-order valence-corrected chi connectivity index (χ3v) is 5.04. The molecular weight excluding hydrogens is 310 g/mol. The molecule has 6 heteroatoms. The van der Waals surface area contributed by atoms with Gasteiger partial charge in [-0.25, -0.2) is 0 Å². The van der Waals surface area contributed by atoms with Crippen LogP contribution in [0.4, 0.5) is 0 Å². The van der Waals surface area contributed by atoms with E-state index in [-0.39, 0.29) is 0 Å². The number of aryl methyl sites for hydroxylation is 1. The van der Waals surface area contributed by atoms with E-state index in [0.29, 0.717) is 9.94 Å². The van der Waals surface area contributed by atoms with Crippen LogP contribution < -0.4 is 10.5 Å². The number of nitrogens with zero attached hydrogens (tertiary/aromatic N) is 2. The number of aromatic nitrogens is 2. The molecule has 2 aromatic heterocycles. The summed E-state index contributed by atoms with van der Waals surface area (Å²) in [5.41, 5.74) is 6.49. The first-order valence-electron chi connectivity index (χ1n) is 7.36. The molecule has 0 aliphatic heterocycles. The number of benzene rings is 1. The molecule has 0 unspecified atom stereocenters. The van der Waals surface area contributed by atoms with Crippen LogP contribution in [-0.4, -0.2) is 15.7 Å². The van der Waals surface area contributed by atoms with Crippen molar-refractivity contribution in [3.8, 4) is 5.06 Å². The minimum absolute atomic E-state index is 0.440. The zero-order valence-electron chi connectivity index (χ0n) is 12.6. The van der Waals surface area contributed by atoms with Gasteiger partial charge in [0.2, 0.25) is 0 Å². The molecule has 4 rings (SSSR count). The van der Waals surface area contributed by atoms with Gasteiger partial charge in [-0.1, -0.05) is 29.5 Å². The maximum Gasteiger partial charge on any atom is 0.259 e. The van der Waals surface area contributed by atoms with Crippen molar-refractivity contribution in [1.82, 2.24) is 9.78 Å². The Hall–Kier alpha value is -2.60. The minimum Gasteiger partial charge on any atom is -0.446 e. The second-order valence-electron chi connectivity index (χ2n) is 5.47. The van der Waals surface area contributed by atoms with Crippen molar-refractivity contribution in [2.24, 2.45) is 12.8 Å². The van der Waals surface area contributed by atoms with E-state index in [2.05, 4.69) is 17.3 Å². The zero-order chi connectivity index (χ0) is 16.0. The van der Waals surface area contributed by atoms with Crippen LogP contribution in [0.5, 0.6) is 5.06 Å². The molecule has 116 valence electrons. The van der Waals surface area contributed by atoms with Gasteiger partial charge in [-0.3, -0.25) is 9.48 Å². The van der Waals surface area contributed by atoms with Crippen LogP contribution in [0, 0.1) is 0 Å². The summed E-state index contributed by atoms with van der Waals surface area (Å²) >= 11 is 1.29. The standard InChI is InChI=1S/C17H15N3O2S/c1-20-14-10(9-19-20)7-8-12-13(14)17(23-15(12)16(18)21)22-11-5-3-2-4-6-11/h3,5-9H,2,4H2,1H3,(H2,18,21). The van der Waals surface area contributed by atoms with Crippen LogP contribution in [0.3, 0.4) is 0 Å². The van der Waals surface area contributed by atoms with Gasteiger partial charge < -0.3 is 10.5 Å². The Kier molecular flexibility index (Phi) is 3.20. The molecule has 0 atom stereocenters.